The summed E-state index contributed by atoms with van der Waals surface area (Å²) >= 11 is 1.43. The predicted molar refractivity (Wildman–Crippen MR) is 130 cm³/mol. The van der Waals surface area contributed by atoms with Gasteiger partial charge in [0.05, 0.1) is 10.5 Å². The van der Waals surface area contributed by atoms with Crippen LogP contribution in [0.25, 0.3) is 0 Å². The van der Waals surface area contributed by atoms with Crippen molar-refractivity contribution in [3.8, 4) is 0 Å². The number of carbonyl (C=O) groups is 2. The average molecular weight is 494 g/mol. The standard InChI is InChI=1S/C23H31N3O5S2/c1-15(2)26-33(29,30)17-9-6-8-16(14-17)21(27)25-23-20(22(28)24-12-7-13-31-3)18-10-4-5-11-19(18)32-23/h6,8-9,14-15,26H,4-5,7,10-13H2,1-3H3,(H,24,28)(H,25,27). The zero-order chi connectivity index (χ0) is 24.0. The maximum Gasteiger partial charge on any atom is 0.256 e. The number of amides is 2. The summed E-state index contributed by atoms with van der Waals surface area (Å²) in [6.45, 7) is 4.49. The van der Waals surface area contributed by atoms with Crippen molar-refractivity contribution >= 4 is 38.2 Å². The third-order valence-corrected chi connectivity index (χ3v) is 8.10. The molecule has 0 radical (unpaired) electrons. The van der Waals surface area contributed by atoms with Crippen molar-refractivity contribution in [1.29, 1.82) is 0 Å². The third kappa shape index (κ3) is 6.41. The molecule has 1 aliphatic rings. The molecule has 0 fully saturated rings. The van der Waals surface area contributed by atoms with E-state index >= 15 is 0 Å². The van der Waals surface area contributed by atoms with Gasteiger partial charge in [0.25, 0.3) is 11.8 Å². The molecule has 1 aromatic carbocycles. The first-order valence-corrected chi connectivity index (χ1v) is 13.4. The van der Waals surface area contributed by atoms with Crippen LogP contribution in [0.3, 0.4) is 0 Å². The minimum atomic E-state index is -3.73. The molecule has 0 saturated heterocycles. The van der Waals surface area contributed by atoms with E-state index in [1.165, 1.54) is 29.5 Å². The molecule has 3 rings (SSSR count). The molecule has 3 N–H and O–H groups in total. The van der Waals surface area contributed by atoms with E-state index < -0.39 is 15.9 Å². The van der Waals surface area contributed by atoms with Crippen molar-refractivity contribution in [2.45, 2.75) is 56.9 Å². The highest BCUT2D eigenvalue weighted by Gasteiger charge is 2.27. The number of fused-ring (bicyclic) bond motifs is 1. The lowest BCUT2D eigenvalue weighted by molar-refractivity contribution is 0.0948. The highest BCUT2D eigenvalue weighted by Crippen LogP contribution is 2.38. The molecule has 10 heteroatoms. The van der Waals surface area contributed by atoms with E-state index in [9.17, 15) is 18.0 Å². The Bertz CT molecular complexity index is 1110. The van der Waals surface area contributed by atoms with E-state index in [0.717, 1.165) is 36.1 Å². The quantitative estimate of drug-likeness (QED) is 0.440. The Morgan fingerprint density at radius 2 is 1.91 bits per heavy atom. The highest BCUT2D eigenvalue weighted by atomic mass is 32.2. The number of methoxy groups -OCH3 is 1. The Hall–Kier alpha value is -2.27. The summed E-state index contributed by atoms with van der Waals surface area (Å²) < 4.78 is 32.5. The minimum absolute atomic E-state index is 0.0189. The monoisotopic (exact) mass is 493 g/mol. The van der Waals surface area contributed by atoms with Gasteiger partial charge < -0.3 is 15.4 Å². The van der Waals surface area contributed by atoms with Crippen LogP contribution in [0.4, 0.5) is 5.00 Å². The second-order valence-corrected chi connectivity index (χ2v) is 11.1. The third-order valence-electron chi connectivity index (χ3n) is 5.23. The molecule has 0 aliphatic heterocycles. The number of benzene rings is 1. The van der Waals surface area contributed by atoms with Gasteiger partial charge in [-0.1, -0.05) is 6.07 Å². The summed E-state index contributed by atoms with van der Waals surface area (Å²) in [5.74, 6) is -0.665. The summed E-state index contributed by atoms with van der Waals surface area (Å²) in [5.41, 5.74) is 1.73. The van der Waals surface area contributed by atoms with Crippen LogP contribution in [0, 0.1) is 0 Å². The fourth-order valence-corrected chi connectivity index (χ4v) is 6.34. The lowest BCUT2D eigenvalue weighted by Crippen LogP contribution is -2.30. The van der Waals surface area contributed by atoms with Crippen molar-refractivity contribution in [2.24, 2.45) is 0 Å². The molecular weight excluding hydrogens is 462 g/mol. The first-order valence-electron chi connectivity index (χ1n) is 11.1. The van der Waals surface area contributed by atoms with Gasteiger partial charge in [-0.15, -0.1) is 11.3 Å². The van der Waals surface area contributed by atoms with Gasteiger partial charge in [-0.25, -0.2) is 13.1 Å². The number of hydrogen-bond acceptors (Lipinski definition) is 6. The van der Waals surface area contributed by atoms with Crippen LogP contribution in [0.15, 0.2) is 29.2 Å². The van der Waals surface area contributed by atoms with E-state index in [0.29, 0.717) is 30.1 Å². The summed E-state index contributed by atoms with van der Waals surface area (Å²) in [5, 5.41) is 6.29. The van der Waals surface area contributed by atoms with Gasteiger partial charge >= 0.3 is 0 Å². The summed E-state index contributed by atoms with van der Waals surface area (Å²) in [6, 6.07) is 5.62. The van der Waals surface area contributed by atoms with Crippen molar-refractivity contribution in [2.75, 3.05) is 25.6 Å². The number of nitrogens with one attached hydrogen (secondary N) is 3. The Morgan fingerprint density at radius 1 is 1.15 bits per heavy atom. The molecule has 0 saturated carbocycles. The van der Waals surface area contributed by atoms with E-state index in [1.54, 1.807) is 27.0 Å². The van der Waals surface area contributed by atoms with Gasteiger partial charge in [0.2, 0.25) is 10.0 Å². The topological polar surface area (TPSA) is 114 Å². The smallest absolute Gasteiger partial charge is 0.256 e. The first kappa shape index (κ1) is 25.4. The van der Waals surface area contributed by atoms with E-state index in [1.807, 2.05) is 0 Å². The van der Waals surface area contributed by atoms with Gasteiger partial charge in [-0.2, -0.15) is 0 Å². The molecular formula is C23H31N3O5S2. The second-order valence-electron chi connectivity index (χ2n) is 8.28. The summed E-state index contributed by atoms with van der Waals surface area (Å²) in [4.78, 5) is 27.2. The molecule has 1 heterocycles. The Kier molecular flexibility index (Phi) is 8.63. The van der Waals surface area contributed by atoms with Crippen LogP contribution in [0.2, 0.25) is 0 Å². The minimum Gasteiger partial charge on any atom is -0.385 e. The highest BCUT2D eigenvalue weighted by molar-refractivity contribution is 7.89. The Balaban J connectivity index is 1.84. The van der Waals surface area contributed by atoms with Gasteiger partial charge in [0.1, 0.15) is 5.00 Å². The molecule has 0 unspecified atom stereocenters. The van der Waals surface area contributed by atoms with Crippen LogP contribution in [-0.2, 0) is 27.6 Å². The summed E-state index contributed by atoms with van der Waals surface area (Å²) in [7, 11) is -2.11. The number of hydrogen-bond donors (Lipinski definition) is 3. The Labute approximate surface area is 199 Å². The number of thiophene rings is 1. The molecule has 33 heavy (non-hydrogen) atoms. The lowest BCUT2D eigenvalue weighted by Gasteiger charge is -2.13. The molecule has 0 atom stereocenters. The number of rotatable bonds is 10. The normalized spacial score (nSPS) is 13.6. The van der Waals surface area contributed by atoms with E-state index in [2.05, 4.69) is 15.4 Å². The Morgan fingerprint density at radius 3 is 2.64 bits per heavy atom. The number of anilines is 1. The molecule has 0 spiro atoms. The van der Waals surface area contributed by atoms with Crippen molar-refractivity contribution < 1.29 is 22.7 Å². The number of aryl methyl sites for hydroxylation is 1. The van der Waals surface area contributed by atoms with Crippen LogP contribution >= 0.6 is 11.3 Å². The van der Waals surface area contributed by atoms with Crippen molar-refractivity contribution in [1.82, 2.24) is 10.0 Å². The molecule has 2 aromatic rings. The van der Waals surface area contributed by atoms with Crippen LogP contribution in [0.5, 0.6) is 0 Å². The maximum absolute atomic E-state index is 13.0. The zero-order valence-corrected chi connectivity index (χ0v) is 20.8. The molecule has 1 aromatic heterocycles. The van der Waals surface area contributed by atoms with Gasteiger partial charge in [-0.3, -0.25) is 9.59 Å². The first-order chi connectivity index (χ1) is 15.7. The van der Waals surface area contributed by atoms with Crippen molar-refractivity contribution in [3.05, 3.63) is 45.8 Å². The van der Waals surface area contributed by atoms with Crippen molar-refractivity contribution in [3.63, 3.8) is 0 Å². The number of ether oxygens (including phenoxy) is 1. The zero-order valence-electron chi connectivity index (χ0n) is 19.2. The SMILES string of the molecule is COCCCNC(=O)c1c(NC(=O)c2cccc(S(=O)(=O)NC(C)C)c2)sc2c1CCCC2. The molecule has 2 amide bonds. The van der Waals surface area contributed by atoms with Gasteiger partial charge in [-0.05, 0) is 69.7 Å². The maximum atomic E-state index is 13.0. The van der Waals surface area contributed by atoms with Crippen LogP contribution in [-0.4, -0.2) is 46.5 Å². The van der Waals surface area contributed by atoms with Gasteiger partial charge in [0.15, 0.2) is 0 Å². The largest absolute Gasteiger partial charge is 0.385 e. The van der Waals surface area contributed by atoms with Gasteiger partial charge in [0, 0.05) is 36.7 Å². The van der Waals surface area contributed by atoms with Crippen LogP contribution < -0.4 is 15.4 Å². The molecule has 1 aliphatic carbocycles. The fourth-order valence-electron chi connectivity index (χ4n) is 3.76. The summed E-state index contributed by atoms with van der Waals surface area (Å²) in [6.07, 6.45) is 4.44. The second kappa shape index (κ2) is 11.2. The average Bonchev–Trinajstić information content (AvgIpc) is 3.13. The molecule has 180 valence electrons. The fraction of sp³-hybridized carbons (Fsp3) is 0.478. The lowest BCUT2D eigenvalue weighted by atomic mass is 9.95. The van der Waals surface area contributed by atoms with E-state index in [4.69, 9.17) is 4.74 Å². The predicted octanol–water partition coefficient (Wildman–Crippen LogP) is 3.33. The molecule has 8 nitrogen and oxygen atoms in total. The van der Waals surface area contributed by atoms with E-state index in [-0.39, 0.29) is 22.4 Å². The molecule has 0 bridgehead atoms. The number of sulfonamides is 1. The number of carbonyl (C=O) groups excluding carboxylic acids is 2. The van der Waals surface area contributed by atoms with Crippen LogP contribution in [0.1, 0.15) is 64.3 Å².